The molecule has 6 heteroatoms. The molecule has 0 saturated carbocycles. The van der Waals surface area contributed by atoms with Crippen LogP contribution in [0, 0.1) is 0 Å². The highest BCUT2D eigenvalue weighted by atomic mass is 16.7. The van der Waals surface area contributed by atoms with Gasteiger partial charge in [-0.1, -0.05) is 12.1 Å². The highest BCUT2D eigenvalue weighted by Gasteiger charge is 2.33. The number of hydrogen-bond acceptors (Lipinski definition) is 5. The van der Waals surface area contributed by atoms with Crippen molar-refractivity contribution in [3.63, 3.8) is 0 Å². The Morgan fingerprint density at radius 3 is 2.88 bits per heavy atom. The average Bonchev–Trinajstić information content (AvgIpc) is 3.22. The molecule has 0 bridgehead atoms. The van der Waals surface area contributed by atoms with Gasteiger partial charge in [-0.25, -0.2) is 0 Å². The molecule has 1 N–H and O–H groups in total. The third kappa shape index (κ3) is 1.71. The fourth-order valence-electron chi connectivity index (χ4n) is 3.71. The second-order valence-corrected chi connectivity index (χ2v) is 5.88. The monoisotopic (exact) mass is 337 g/mol. The van der Waals surface area contributed by atoms with Crippen LogP contribution in [0.15, 0.2) is 24.3 Å². The molecular formula is C19H15NO5. The summed E-state index contributed by atoms with van der Waals surface area (Å²) in [5, 5.41) is 6.30. The lowest BCUT2D eigenvalue weighted by Gasteiger charge is -2.17. The first-order valence-electron chi connectivity index (χ1n) is 8.07. The van der Waals surface area contributed by atoms with Gasteiger partial charge >= 0.3 is 0 Å². The van der Waals surface area contributed by atoms with E-state index in [0.29, 0.717) is 40.9 Å². The highest BCUT2D eigenvalue weighted by molar-refractivity contribution is 6.33. The largest absolute Gasteiger partial charge is 0.496 e. The van der Waals surface area contributed by atoms with Gasteiger partial charge in [0, 0.05) is 16.2 Å². The summed E-state index contributed by atoms with van der Waals surface area (Å²) in [4.78, 5) is 12.5. The van der Waals surface area contributed by atoms with Crippen LogP contribution in [0.25, 0.3) is 21.5 Å². The number of hydrogen-bond donors (Lipinski definition) is 1. The minimum absolute atomic E-state index is 0.142. The highest BCUT2D eigenvalue weighted by Crippen LogP contribution is 2.54. The summed E-state index contributed by atoms with van der Waals surface area (Å²) in [5.41, 5.74) is 1.23. The molecule has 2 aliphatic rings. The number of rotatable bonds is 3. The Morgan fingerprint density at radius 2 is 2.08 bits per heavy atom. The number of methoxy groups -OCH3 is 1. The van der Waals surface area contributed by atoms with E-state index in [1.807, 2.05) is 25.1 Å². The minimum atomic E-state index is -0.173. The summed E-state index contributed by atoms with van der Waals surface area (Å²) in [6, 6.07) is 7.51. The second kappa shape index (κ2) is 4.92. The first kappa shape index (κ1) is 14.2. The molecule has 2 heterocycles. The van der Waals surface area contributed by atoms with Gasteiger partial charge in [-0.15, -0.1) is 0 Å². The van der Waals surface area contributed by atoms with E-state index in [-0.39, 0.29) is 12.7 Å². The predicted octanol–water partition coefficient (Wildman–Crippen LogP) is 3.69. The summed E-state index contributed by atoms with van der Waals surface area (Å²) in [6.45, 7) is 2.53. The maximum absolute atomic E-state index is 12.5. The number of amides is 1. The number of nitrogens with one attached hydrogen (secondary N) is 1. The van der Waals surface area contributed by atoms with Crippen molar-refractivity contribution in [1.82, 2.24) is 0 Å². The molecule has 0 radical (unpaired) electrons. The molecule has 0 aliphatic carbocycles. The third-order valence-corrected chi connectivity index (χ3v) is 4.65. The van der Waals surface area contributed by atoms with Crippen molar-refractivity contribution in [2.45, 2.75) is 6.92 Å². The Bertz CT molecular complexity index is 1070. The molecule has 5 rings (SSSR count). The zero-order valence-electron chi connectivity index (χ0n) is 13.8. The number of carbonyl (C=O) groups excluding carboxylic acids is 1. The van der Waals surface area contributed by atoms with Gasteiger partial charge in [0.15, 0.2) is 17.2 Å². The SMILES string of the molecule is CCOc1c2c3c(cc4c(c3c3cccc(OC)c13)OCO4)C(=O)N2. The van der Waals surface area contributed by atoms with Crippen LogP contribution < -0.4 is 24.3 Å². The van der Waals surface area contributed by atoms with E-state index < -0.39 is 0 Å². The van der Waals surface area contributed by atoms with E-state index in [0.717, 1.165) is 21.5 Å². The Labute approximate surface area is 143 Å². The predicted molar refractivity (Wildman–Crippen MR) is 93.3 cm³/mol. The number of benzene rings is 3. The summed E-state index contributed by atoms with van der Waals surface area (Å²) in [7, 11) is 1.62. The second-order valence-electron chi connectivity index (χ2n) is 5.88. The molecule has 0 unspecified atom stereocenters. The standard InChI is InChI=1S/C19H15NO5/c1-3-23-18-13-9(5-4-6-11(13)22-2)15-14-10(19(21)20-16(14)18)7-12-17(15)25-8-24-12/h4-7H,3,8H2,1-2H3,(H,20,21). The molecule has 25 heavy (non-hydrogen) atoms. The Balaban J connectivity index is 2.07. The van der Waals surface area contributed by atoms with Crippen LogP contribution in [-0.2, 0) is 0 Å². The Hall–Kier alpha value is -3.15. The molecule has 0 saturated heterocycles. The first-order chi connectivity index (χ1) is 12.2. The van der Waals surface area contributed by atoms with E-state index in [2.05, 4.69) is 5.32 Å². The van der Waals surface area contributed by atoms with Gasteiger partial charge in [0.25, 0.3) is 5.91 Å². The average molecular weight is 337 g/mol. The molecule has 3 aromatic rings. The van der Waals surface area contributed by atoms with Crippen LogP contribution in [0.5, 0.6) is 23.0 Å². The lowest BCUT2D eigenvalue weighted by molar-refractivity contribution is 0.103. The molecule has 2 aliphatic heterocycles. The number of fused-ring (bicyclic) bond motifs is 4. The number of ether oxygens (including phenoxy) is 4. The lowest BCUT2D eigenvalue weighted by Crippen LogP contribution is -2.06. The van der Waals surface area contributed by atoms with Crippen LogP contribution >= 0.6 is 0 Å². The number of anilines is 1. The maximum Gasteiger partial charge on any atom is 0.256 e. The van der Waals surface area contributed by atoms with Crippen molar-refractivity contribution >= 4 is 33.1 Å². The van der Waals surface area contributed by atoms with Crippen LogP contribution in [0.3, 0.4) is 0 Å². The lowest BCUT2D eigenvalue weighted by atomic mass is 9.95. The molecule has 0 atom stereocenters. The van der Waals surface area contributed by atoms with E-state index in [4.69, 9.17) is 18.9 Å². The van der Waals surface area contributed by atoms with Gasteiger partial charge in [-0.2, -0.15) is 0 Å². The molecule has 6 nitrogen and oxygen atoms in total. The van der Waals surface area contributed by atoms with Gasteiger partial charge in [-0.05, 0) is 19.1 Å². The van der Waals surface area contributed by atoms with Gasteiger partial charge in [0.1, 0.15) is 5.75 Å². The van der Waals surface area contributed by atoms with Crippen molar-refractivity contribution < 1.29 is 23.7 Å². The van der Waals surface area contributed by atoms with Gasteiger partial charge in [0.2, 0.25) is 6.79 Å². The molecule has 0 aromatic heterocycles. The van der Waals surface area contributed by atoms with Crippen LogP contribution in [0.4, 0.5) is 5.69 Å². The maximum atomic E-state index is 12.5. The van der Waals surface area contributed by atoms with Crippen molar-refractivity contribution in [3.8, 4) is 23.0 Å². The fraction of sp³-hybridized carbons (Fsp3) is 0.211. The summed E-state index contributed by atoms with van der Waals surface area (Å²) < 4.78 is 22.7. The molecular weight excluding hydrogens is 322 g/mol. The van der Waals surface area contributed by atoms with Crippen molar-refractivity contribution in [2.75, 3.05) is 25.8 Å². The van der Waals surface area contributed by atoms with Crippen molar-refractivity contribution in [3.05, 3.63) is 29.8 Å². The van der Waals surface area contributed by atoms with Crippen molar-refractivity contribution in [1.29, 1.82) is 0 Å². The molecule has 126 valence electrons. The van der Waals surface area contributed by atoms with Crippen LogP contribution in [-0.4, -0.2) is 26.4 Å². The van der Waals surface area contributed by atoms with Crippen LogP contribution in [0.1, 0.15) is 17.3 Å². The molecule has 0 spiro atoms. The molecule has 1 amide bonds. The topological polar surface area (TPSA) is 66.0 Å². The summed E-state index contributed by atoms with van der Waals surface area (Å²) >= 11 is 0. The van der Waals surface area contributed by atoms with E-state index >= 15 is 0 Å². The van der Waals surface area contributed by atoms with E-state index in [1.165, 1.54) is 0 Å². The normalized spacial score (nSPS) is 14.2. The third-order valence-electron chi connectivity index (χ3n) is 4.65. The zero-order valence-corrected chi connectivity index (χ0v) is 13.8. The van der Waals surface area contributed by atoms with E-state index in [9.17, 15) is 4.79 Å². The van der Waals surface area contributed by atoms with Gasteiger partial charge < -0.3 is 24.3 Å². The molecule has 3 aromatic carbocycles. The van der Waals surface area contributed by atoms with Crippen LogP contribution in [0.2, 0.25) is 0 Å². The first-order valence-corrected chi connectivity index (χ1v) is 8.07. The smallest absolute Gasteiger partial charge is 0.256 e. The Morgan fingerprint density at radius 1 is 1.20 bits per heavy atom. The quantitative estimate of drug-likeness (QED) is 0.738. The van der Waals surface area contributed by atoms with Gasteiger partial charge in [-0.3, -0.25) is 4.79 Å². The summed E-state index contributed by atoms with van der Waals surface area (Å²) in [6.07, 6.45) is 0. The van der Waals surface area contributed by atoms with Crippen molar-refractivity contribution in [2.24, 2.45) is 0 Å². The fourth-order valence-corrected chi connectivity index (χ4v) is 3.71. The van der Waals surface area contributed by atoms with E-state index in [1.54, 1.807) is 13.2 Å². The summed E-state index contributed by atoms with van der Waals surface area (Å²) in [5.74, 6) is 2.36. The Kier molecular flexibility index (Phi) is 2.80. The zero-order chi connectivity index (χ0) is 17.1. The minimum Gasteiger partial charge on any atom is -0.496 e. The number of carbonyl (C=O) groups is 1. The molecule has 0 fully saturated rings. The van der Waals surface area contributed by atoms with Gasteiger partial charge in [0.05, 0.1) is 30.4 Å².